The summed E-state index contributed by atoms with van der Waals surface area (Å²) in [7, 11) is 0. The third kappa shape index (κ3) is 7.20. The van der Waals surface area contributed by atoms with Gasteiger partial charge in [-0.05, 0) is 42.3 Å². The third-order valence-corrected chi connectivity index (χ3v) is 9.41. The second-order valence-corrected chi connectivity index (χ2v) is 13.0. The molecular weight excluding hydrogens is 540 g/mol. The number of hydrogen-bond acceptors (Lipinski definition) is 5. The summed E-state index contributed by atoms with van der Waals surface area (Å²) in [4.78, 5) is 30.0. The van der Waals surface area contributed by atoms with Crippen molar-refractivity contribution in [2.45, 2.75) is 116 Å². The quantitative estimate of drug-likeness (QED) is 0.156. The molecule has 0 amide bonds. The van der Waals surface area contributed by atoms with E-state index in [2.05, 4.69) is 59.9 Å². The maximum atomic E-state index is 13.6. The van der Waals surface area contributed by atoms with Crippen molar-refractivity contribution in [3.05, 3.63) is 89.5 Å². The van der Waals surface area contributed by atoms with E-state index in [-0.39, 0.29) is 11.2 Å². The van der Waals surface area contributed by atoms with Crippen LogP contribution in [0.25, 0.3) is 11.4 Å². The number of carbonyl (C=O) groups excluding carboxylic acids is 1. The van der Waals surface area contributed by atoms with Gasteiger partial charge in [0.1, 0.15) is 11.4 Å². The minimum Gasteiger partial charge on any atom is -0.343 e. The average Bonchev–Trinajstić information content (AvgIpc) is 3.26. The van der Waals surface area contributed by atoms with Crippen molar-refractivity contribution in [2.75, 3.05) is 11.4 Å². The zero-order chi connectivity index (χ0) is 30.8. The molecule has 0 spiro atoms. The smallest absolute Gasteiger partial charge is 0.214 e. The van der Waals surface area contributed by atoms with Gasteiger partial charge in [0.15, 0.2) is 0 Å². The molecule has 0 saturated heterocycles. The lowest BCUT2D eigenvalue weighted by atomic mass is 9.84. The van der Waals surface area contributed by atoms with Crippen LogP contribution in [0.1, 0.15) is 132 Å². The highest BCUT2D eigenvalue weighted by atomic mass is 16.1. The Kier molecular flexibility index (Phi) is 11.1. The number of pyridine rings is 2. The minimum atomic E-state index is -0.217. The van der Waals surface area contributed by atoms with Crippen LogP contribution in [0, 0.1) is 0 Å². The van der Waals surface area contributed by atoms with Crippen molar-refractivity contribution in [1.82, 2.24) is 9.97 Å². The number of aromatic nitrogens is 2. The summed E-state index contributed by atoms with van der Waals surface area (Å²) < 4.78 is 0. The number of hydrogen-bond donors (Lipinski definition) is 0. The van der Waals surface area contributed by atoms with Gasteiger partial charge in [-0.25, -0.2) is 0 Å². The number of unbranched alkanes of at least 4 members (excludes halogenated alkanes) is 13. The Morgan fingerprint density at radius 1 is 0.705 bits per heavy atom. The first kappa shape index (κ1) is 31.8. The van der Waals surface area contributed by atoms with E-state index in [9.17, 15) is 4.79 Å². The highest BCUT2D eigenvalue weighted by molar-refractivity contribution is 6.54. The van der Waals surface area contributed by atoms with Gasteiger partial charge in [-0.3, -0.25) is 19.8 Å². The van der Waals surface area contributed by atoms with Crippen LogP contribution in [0.15, 0.2) is 77.8 Å². The maximum Gasteiger partial charge on any atom is 0.214 e. The fourth-order valence-corrected chi connectivity index (χ4v) is 6.85. The van der Waals surface area contributed by atoms with E-state index in [4.69, 9.17) is 4.99 Å². The van der Waals surface area contributed by atoms with Crippen LogP contribution in [-0.2, 0) is 5.41 Å². The number of para-hydroxylation sites is 1. The Hall–Kier alpha value is -3.60. The number of fused-ring (bicyclic) bond motifs is 4. The highest BCUT2D eigenvalue weighted by Crippen LogP contribution is 2.47. The Bertz CT molecular complexity index is 1470. The number of allylic oxidation sites excluding steroid dienone is 1. The van der Waals surface area contributed by atoms with Crippen molar-refractivity contribution in [1.29, 1.82) is 0 Å². The maximum absolute atomic E-state index is 13.6. The van der Waals surface area contributed by atoms with Crippen molar-refractivity contribution in [3.8, 4) is 11.4 Å². The van der Waals surface area contributed by atoms with Gasteiger partial charge in [0, 0.05) is 47.5 Å². The molecule has 2 aromatic heterocycles. The lowest BCUT2D eigenvalue weighted by Crippen LogP contribution is -2.28. The summed E-state index contributed by atoms with van der Waals surface area (Å²) in [5.74, 6) is -0.0997. The predicted octanol–water partition coefficient (Wildman–Crippen LogP) is 10.2. The SMILES string of the molecule is CCCCCCCCCCCCCCCCN1/C(=C\N=C2C(=O)c3cccnc3-c3ncccc32)C(C)(C)c2ccccc21. The number of benzene rings is 1. The second kappa shape index (κ2) is 15.4. The predicted molar refractivity (Wildman–Crippen MR) is 184 cm³/mol. The molecule has 0 radical (unpaired) electrons. The number of carbonyl (C=O) groups is 1. The average molecular weight is 591 g/mol. The van der Waals surface area contributed by atoms with E-state index < -0.39 is 0 Å². The standard InChI is InChI=1S/C39H50N4O/c1-4-5-6-7-8-9-10-11-12-13-14-15-16-19-28-43-33-25-18-17-24-32(33)39(2,3)34(43)29-42-37-30-22-20-26-40-35(30)36-31(38(37)44)23-21-27-41-36/h17-18,20-27,29H,4-16,19,28H2,1-3H3/b34-29-,42-37?. The molecule has 0 bridgehead atoms. The molecule has 1 aliphatic heterocycles. The summed E-state index contributed by atoms with van der Waals surface area (Å²) in [6.45, 7) is 7.77. The molecule has 1 aliphatic carbocycles. The molecule has 5 heteroatoms. The van der Waals surface area contributed by atoms with Gasteiger partial charge >= 0.3 is 0 Å². The molecule has 2 aliphatic rings. The molecule has 0 unspecified atom stereocenters. The van der Waals surface area contributed by atoms with Crippen LogP contribution < -0.4 is 4.90 Å². The van der Waals surface area contributed by atoms with E-state index >= 15 is 0 Å². The van der Waals surface area contributed by atoms with E-state index in [0.29, 0.717) is 22.7 Å². The Labute approximate surface area is 264 Å². The summed E-state index contributed by atoms with van der Waals surface area (Å²) in [6.07, 6.45) is 24.4. The van der Waals surface area contributed by atoms with Crippen LogP contribution in [0.5, 0.6) is 0 Å². The largest absolute Gasteiger partial charge is 0.343 e. The van der Waals surface area contributed by atoms with Gasteiger partial charge in [0.2, 0.25) is 5.78 Å². The monoisotopic (exact) mass is 590 g/mol. The van der Waals surface area contributed by atoms with Crippen molar-refractivity contribution >= 4 is 17.2 Å². The molecule has 0 saturated carbocycles. The fourth-order valence-electron chi connectivity index (χ4n) is 6.85. The van der Waals surface area contributed by atoms with Crippen LogP contribution in [-0.4, -0.2) is 28.0 Å². The van der Waals surface area contributed by atoms with Gasteiger partial charge in [0.25, 0.3) is 0 Å². The molecule has 3 heterocycles. The highest BCUT2D eigenvalue weighted by Gasteiger charge is 2.40. The van der Waals surface area contributed by atoms with Crippen LogP contribution in [0.2, 0.25) is 0 Å². The third-order valence-electron chi connectivity index (χ3n) is 9.41. The molecule has 5 rings (SSSR count). The normalized spacial score (nSPS) is 16.8. The number of Topliss-reactive ketones (excluding diaryl/α,β-unsaturated/α-hetero) is 1. The molecule has 44 heavy (non-hydrogen) atoms. The molecule has 3 aromatic rings. The summed E-state index contributed by atoms with van der Waals surface area (Å²) in [5.41, 5.74) is 6.57. The molecule has 5 nitrogen and oxygen atoms in total. The number of aliphatic imine (C=N–C) groups is 1. The molecule has 1 aromatic carbocycles. The van der Waals surface area contributed by atoms with E-state index in [0.717, 1.165) is 24.2 Å². The topological polar surface area (TPSA) is 58.5 Å². The Morgan fingerprint density at radius 2 is 1.25 bits per heavy atom. The first-order valence-electron chi connectivity index (χ1n) is 17.1. The van der Waals surface area contributed by atoms with Gasteiger partial charge in [-0.15, -0.1) is 0 Å². The minimum absolute atomic E-state index is 0.0997. The van der Waals surface area contributed by atoms with Gasteiger partial charge in [-0.1, -0.05) is 122 Å². The molecule has 0 N–H and O–H groups in total. The van der Waals surface area contributed by atoms with E-state index in [1.54, 1.807) is 18.5 Å². The number of ketones is 1. The lowest BCUT2D eigenvalue weighted by Gasteiger charge is -2.27. The van der Waals surface area contributed by atoms with Gasteiger partial charge in [-0.2, -0.15) is 0 Å². The van der Waals surface area contributed by atoms with Crippen molar-refractivity contribution < 1.29 is 4.79 Å². The lowest BCUT2D eigenvalue weighted by molar-refractivity contribution is 0.106. The zero-order valence-electron chi connectivity index (χ0n) is 27.2. The van der Waals surface area contributed by atoms with Gasteiger partial charge in [0.05, 0.1) is 11.3 Å². The van der Waals surface area contributed by atoms with Crippen molar-refractivity contribution in [2.24, 2.45) is 4.99 Å². The molecule has 0 fully saturated rings. The summed E-state index contributed by atoms with van der Waals surface area (Å²) in [6, 6.07) is 16.1. The molecule has 232 valence electrons. The van der Waals surface area contributed by atoms with Crippen molar-refractivity contribution in [3.63, 3.8) is 0 Å². The number of anilines is 1. The van der Waals surface area contributed by atoms with Crippen LogP contribution in [0.3, 0.4) is 0 Å². The van der Waals surface area contributed by atoms with Crippen LogP contribution in [0.4, 0.5) is 5.69 Å². The van der Waals surface area contributed by atoms with E-state index in [1.807, 2.05) is 24.4 Å². The number of nitrogens with zero attached hydrogens (tertiary/aromatic N) is 4. The zero-order valence-corrected chi connectivity index (χ0v) is 27.2. The van der Waals surface area contributed by atoms with Crippen LogP contribution >= 0.6 is 0 Å². The van der Waals surface area contributed by atoms with Gasteiger partial charge < -0.3 is 4.90 Å². The second-order valence-electron chi connectivity index (χ2n) is 13.0. The van der Waals surface area contributed by atoms with E-state index in [1.165, 1.54) is 94.7 Å². The number of rotatable bonds is 16. The summed E-state index contributed by atoms with van der Waals surface area (Å²) in [5, 5.41) is 0. The summed E-state index contributed by atoms with van der Waals surface area (Å²) >= 11 is 0. The molecular formula is C39H50N4O. The fraction of sp³-hybridized carbons (Fsp3) is 0.487. The Balaban J connectivity index is 1.21. The first-order chi connectivity index (χ1) is 21.5. The Morgan fingerprint density at radius 3 is 1.89 bits per heavy atom. The first-order valence-corrected chi connectivity index (χ1v) is 17.1. The molecule has 0 atom stereocenters.